The Morgan fingerprint density at radius 1 is 1.46 bits per heavy atom. The zero-order chi connectivity index (χ0) is 9.52. The maximum atomic E-state index is 5.68. The van der Waals surface area contributed by atoms with Gasteiger partial charge in [-0.3, -0.25) is 0 Å². The van der Waals surface area contributed by atoms with Crippen LogP contribution in [0.4, 0.5) is 0 Å². The predicted octanol–water partition coefficient (Wildman–Crippen LogP) is 1.89. The number of nitrogens with one attached hydrogen (secondary N) is 1. The van der Waals surface area contributed by atoms with Crippen molar-refractivity contribution in [2.75, 3.05) is 13.1 Å². The summed E-state index contributed by atoms with van der Waals surface area (Å²) in [6.07, 6.45) is 8.12. The molecule has 1 atom stereocenters. The number of hydrogen-bond acceptors (Lipinski definition) is 2. The van der Waals surface area contributed by atoms with Crippen molar-refractivity contribution >= 4 is 0 Å². The fourth-order valence-corrected chi connectivity index (χ4v) is 1.65. The van der Waals surface area contributed by atoms with Crippen LogP contribution in [0, 0.1) is 5.92 Å². The Morgan fingerprint density at radius 3 is 2.77 bits per heavy atom. The van der Waals surface area contributed by atoms with E-state index in [1.165, 1.54) is 45.1 Å². The maximum Gasteiger partial charge on any atom is 0.0190 e. The van der Waals surface area contributed by atoms with E-state index in [2.05, 4.69) is 12.2 Å². The minimum atomic E-state index is 0.568. The highest BCUT2D eigenvalue weighted by Gasteiger charge is 2.20. The summed E-state index contributed by atoms with van der Waals surface area (Å²) in [6.45, 7) is 4.21. The largest absolute Gasteiger partial charge is 0.329 e. The monoisotopic (exact) mass is 184 g/mol. The second kappa shape index (κ2) is 6.39. The molecular formula is C11H24N2. The Balaban J connectivity index is 1.93. The van der Waals surface area contributed by atoms with Gasteiger partial charge in [-0.15, -0.1) is 0 Å². The van der Waals surface area contributed by atoms with E-state index in [-0.39, 0.29) is 0 Å². The molecule has 2 nitrogen and oxygen atoms in total. The normalized spacial score (nSPS) is 18.9. The van der Waals surface area contributed by atoms with E-state index in [1.54, 1.807) is 0 Å². The summed E-state index contributed by atoms with van der Waals surface area (Å²) < 4.78 is 0. The molecule has 0 radical (unpaired) electrons. The van der Waals surface area contributed by atoms with Crippen molar-refractivity contribution in [3.8, 4) is 0 Å². The number of rotatable bonds is 8. The van der Waals surface area contributed by atoms with E-state index in [4.69, 9.17) is 5.73 Å². The second-order valence-corrected chi connectivity index (χ2v) is 4.26. The Bertz CT molecular complexity index is 121. The zero-order valence-electron chi connectivity index (χ0n) is 8.89. The average molecular weight is 184 g/mol. The highest BCUT2D eigenvalue weighted by Crippen LogP contribution is 2.31. The molecule has 13 heavy (non-hydrogen) atoms. The first-order valence-electron chi connectivity index (χ1n) is 5.80. The van der Waals surface area contributed by atoms with Crippen molar-refractivity contribution in [2.45, 2.75) is 51.5 Å². The zero-order valence-corrected chi connectivity index (χ0v) is 8.89. The molecule has 0 aliphatic heterocycles. The average Bonchev–Trinajstić information content (AvgIpc) is 2.94. The molecule has 0 aromatic rings. The molecule has 0 spiro atoms. The Kier molecular flexibility index (Phi) is 5.40. The third-order valence-electron chi connectivity index (χ3n) is 2.87. The SMILES string of the molecule is CCCCC(CN)NCCC1CC1. The molecule has 1 aliphatic carbocycles. The maximum absolute atomic E-state index is 5.68. The van der Waals surface area contributed by atoms with Gasteiger partial charge in [0.05, 0.1) is 0 Å². The first kappa shape index (κ1) is 11.0. The number of unbranched alkanes of at least 4 members (excludes halogenated alkanes) is 1. The smallest absolute Gasteiger partial charge is 0.0190 e. The van der Waals surface area contributed by atoms with Crippen LogP contribution >= 0.6 is 0 Å². The van der Waals surface area contributed by atoms with E-state index in [9.17, 15) is 0 Å². The van der Waals surface area contributed by atoms with Gasteiger partial charge >= 0.3 is 0 Å². The standard InChI is InChI=1S/C11H24N2/c1-2-3-4-11(9-12)13-8-7-10-5-6-10/h10-11,13H,2-9,12H2,1H3. The van der Waals surface area contributed by atoms with Gasteiger partial charge in [-0.1, -0.05) is 32.6 Å². The Labute approximate surface area is 82.3 Å². The second-order valence-electron chi connectivity index (χ2n) is 4.26. The molecule has 3 N–H and O–H groups in total. The van der Waals surface area contributed by atoms with Gasteiger partial charge in [0.1, 0.15) is 0 Å². The molecule has 0 aromatic carbocycles. The molecule has 0 saturated heterocycles. The summed E-state index contributed by atoms with van der Waals surface area (Å²) in [7, 11) is 0. The van der Waals surface area contributed by atoms with Gasteiger partial charge in [-0.25, -0.2) is 0 Å². The van der Waals surface area contributed by atoms with Crippen LogP contribution in [0.5, 0.6) is 0 Å². The van der Waals surface area contributed by atoms with Crippen molar-refractivity contribution in [1.82, 2.24) is 5.32 Å². The van der Waals surface area contributed by atoms with Gasteiger partial charge in [-0.2, -0.15) is 0 Å². The summed E-state index contributed by atoms with van der Waals surface area (Å²) >= 11 is 0. The highest BCUT2D eigenvalue weighted by atomic mass is 14.9. The molecule has 0 bridgehead atoms. The van der Waals surface area contributed by atoms with E-state index in [0.29, 0.717) is 6.04 Å². The molecule has 1 rings (SSSR count). The summed E-state index contributed by atoms with van der Waals surface area (Å²) in [4.78, 5) is 0. The van der Waals surface area contributed by atoms with Crippen LogP contribution in [0.3, 0.4) is 0 Å². The lowest BCUT2D eigenvalue weighted by atomic mass is 10.1. The van der Waals surface area contributed by atoms with Crippen LogP contribution in [0.25, 0.3) is 0 Å². The minimum absolute atomic E-state index is 0.568. The van der Waals surface area contributed by atoms with Crippen molar-refractivity contribution in [3.63, 3.8) is 0 Å². The number of nitrogens with two attached hydrogens (primary N) is 1. The topological polar surface area (TPSA) is 38.0 Å². The molecular weight excluding hydrogens is 160 g/mol. The van der Waals surface area contributed by atoms with Crippen LogP contribution < -0.4 is 11.1 Å². The van der Waals surface area contributed by atoms with Crippen molar-refractivity contribution < 1.29 is 0 Å². The molecule has 0 amide bonds. The Morgan fingerprint density at radius 2 is 2.23 bits per heavy atom. The summed E-state index contributed by atoms with van der Waals surface area (Å²) in [5.41, 5.74) is 5.68. The van der Waals surface area contributed by atoms with E-state index >= 15 is 0 Å². The molecule has 1 aliphatic rings. The number of hydrogen-bond donors (Lipinski definition) is 2. The van der Waals surface area contributed by atoms with Crippen LogP contribution in [-0.4, -0.2) is 19.1 Å². The van der Waals surface area contributed by atoms with Gasteiger partial charge in [-0.05, 0) is 25.3 Å². The predicted molar refractivity (Wildman–Crippen MR) is 57.7 cm³/mol. The van der Waals surface area contributed by atoms with Crippen LogP contribution in [0.2, 0.25) is 0 Å². The van der Waals surface area contributed by atoms with E-state index < -0.39 is 0 Å². The van der Waals surface area contributed by atoms with Crippen LogP contribution in [-0.2, 0) is 0 Å². The van der Waals surface area contributed by atoms with Gasteiger partial charge in [0.2, 0.25) is 0 Å². The lowest BCUT2D eigenvalue weighted by Crippen LogP contribution is -2.36. The molecule has 2 heteroatoms. The summed E-state index contributed by atoms with van der Waals surface area (Å²) in [6, 6.07) is 0.568. The minimum Gasteiger partial charge on any atom is -0.329 e. The highest BCUT2D eigenvalue weighted by molar-refractivity contribution is 4.75. The first-order chi connectivity index (χ1) is 6.36. The van der Waals surface area contributed by atoms with Crippen molar-refractivity contribution in [3.05, 3.63) is 0 Å². The van der Waals surface area contributed by atoms with Crippen LogP contribution in [0.1, 0.15) is 45.4 Å². The summed E-state index contributed by atoms with van der Waals surface area (Å²) in [5, 5.41) is 3.55. The third-order valence-corrected chi connectivity index (χ3v) is 2.87. The quantitative estimate of drug-likeness (QED) is 0.604. The first-order valence-corrected chi connectivity index (χ1v) is 5.80. The molecule has 0 aromatic heterocycles. The van der Waals surface area contributed by atoms with Gasteiger partial charge in [0, 0.05) is 12.6 Å². The van der Waals surface area contributed by atoms with Crippen molar-refractivity contribution in [1.29, 1.82) is 0 Å². The molecule has 0 heterocycles. The van der Waals surface area contributed by atoms with E-state index in [1.807, 2.05) is 0 Å². The van der Waals surface area contributed by atoms with Crippen molar-refractivity contribution in [2.24, 2.45) is 11.7 Å². The van der Waals surface area contributed by atoms with Gasteiger partial charge in [0.15, 0.2) is 0 Å². The van der Waals surface area contributed by atoms with Gasteiger partial charge < -0.3 is 11.1 Å². The molecule has 1 fully saturated rings. The lowest BCUT2D eigenvalue weighted by molar-refractivity contribution is 0.459. The Hall–Kier alpha value is -0.0800. The third kappa shape index (κ3) is 5.27. The molecule has 78 valence electrons. The fraction of sp³-hybridized carbons (Fsp3) is 1.00. The summed E-state index contributed by atoms with van der Waals surface area (Å²) in [5.74, 6) is 1.04. The van der Waals surface area contributed by atoms with E-state index in [0.717, 1.165) is 12.5 Å². The molecule has 1 unspecified atom stereocenters. The molecule has 1 saturated carbocycles. The van der Waals surface area contributed by atoms with Gasteiger partial charge in [0.25, 0.3) is 0 Å². The lowest BCUT2D eigenvalue weighted by Gasteiger charge is -2.15. The fourth-order valence-electron chi connectivity index (χ4n) is 1.65. The van der Waals surface area contributed by atoms with Crippen LogP contribution in [0.15, 0.2) is 0 Å².